The molecule has 100 valence electrons. The molecule has 0 saturated heterocycles. The fraction of sp³-hybridized carbons (Fsp3) is 0.818. The lowest BCUT2D eigenvalue weighted by Crippen LogP contribution is -2.49. The number of nitrogens with one attached hydrogen (secondary N) is 2. The highest BCUT2D eigenvalue weighted by Crippen LogP contribution is 2.04. The van der Waals surface area contributed by atoms with E-state index in [1.807, 2.05) is 13.8 Å². The van der Waals surface area contributed by atoms with Gasteiger partial charge in [0.1, 0.15) is 6.04 Å². The van der Waals surface area contributed by atoms with Gasteiger partial charge >= 0.3 is 6.03 Å². The second kappa shape index (κ2) is 8.81. The van der Waals surface area contributed by atoms with Crippen LogP contribution < -0.4 is 16.4 Å². The molecule has 17 heavy (non-hydrogen) atoms. The normalized spacial score (nSPS) is 12.2. The molecule has 0 spiro atoms. The van der Waals surface area contributed by atoms with Crippen molar-refractivity contribution in [1.82, 2.24) is 10.6 Å². The molecule has 0 radical (unpaired) electrons. The SMILES string of the molecule is CC(C)CC(NC(N)=O)C(=O)NCCCCO. The summed E-state index contributed by atoms with van der Waals surface area (Å²) < 4.78 is 0. The van der Waals surface area contributed by atoms with E-state index >= 15 is 0 Å². The molecule has 0 heterocycles. The van der Waals surface area contributed by atoms with Crippen LogP contribution in [0.1, 0.15) is 33.1 Å². The predicted octanol–water partition coefficient (Wildman–Crippen LogP) is -0.0419. The molecule has 1 unspecified atom stereocenters. The molecule has 0 saturated carbocycles. The third-order valence-corrected chi connectivity index (χ3v) is 2.22. The monoisotopic (exact) mass is 245 g/mol. The molecule has 0 fully saturated rings. The lowest BCUT2D eigenvalue weighted by Gasteiger charge is -2.18. The summed E-state index contributed by atoms with van der Waals surface area (Å²) in [6.07, 6.45) is 1.92. The van der Waals surface area contributed by atoms with Crippen LogP contribution in [0.4, 0.5) is 4.79 Å². The molecule has 1 atom stereocenters. The van der Waals surface area contributed by atoms with E-state index in [-0.39, 0.29) is 18.4 Å². The lowest BCUT2D eigenvalue weighted by molar-refractivity contribution is -0.123. The van der Waals surface area contributed by atoms with Crippen LogP contribution in [0.2, 0.25) is 0 Å². The third kappa shape index (κ3) is 8.50. The summed E-state index contributed by atoms with van der Waals surface area (Å²) in [5.41, 5.74) is 5.02. The first-order valence-electron chi connectivity index (χ1n) is 5.92. The highest BCUT2D eigenvalue weighted by molar-refractivity contribution is 5.86. The van der Waals surface area contributed by atoms with Gasteiger partial charge in [0.25, 0.3) is 0 Å². The van der Waals surface area contributed by atoms with Crippen molar-refractivity contribution in [2.45, 2.75) is 39.2 Å². The first-order valence-corrected chi connectivity index (χ1v) is 5.92. The third-order valence-electron chi connectivity index (χ3n) is 2.22. The van der Waals surface area contributed by atoms with E-state index < -0.39 is 12.1 Å². The Morgan fingerprint density at radius 2 is 1.94 bits per heavy atom. The second-order valence-corrected chi connectivity index (χ2v) is 4.41. The van der Waals surface area contributed by atoms with Gasteiger partial charge in [-0.3, -0.25) is 4.79 Å². The van der Waals surface area contributed by atoms with Crippen molar-refractivity contribution < 1.29 is 14.7 Å². The number of unbranched alkanes of at least 4 members (excludes halogenated alkanes) is 1. The Hall–Kier alpha value is -1.30. The average molecular weight is 245 g/mol. The van der Waals surface area contributed by atoms with E-state index in [4.69, 9.17) is 10.8 Å². The van der Waals surface area contributed by atoms with E-state index in [0.717, 1.165) is 0 Å². The summed E-state index contributed by atoms with van der Waals surface area (Å²) in [6, 6.07) is -1.28. The lowest BCUT2D eigenvalue weighted by atomic mass is 10.0. The molecule has 6 nitrogen and oxygen atoms in total. The number of aliphatic hydroxyl groups excluding tert-OH is 1. The molecule has 0 aliphatic rings. The van der Waals surface area contributed by atoms with Crippen molar-refractivity contribution in [3.8, 4) is 0 Å². The molecular formula is C11H23N3O3. The maximum atomic E-state index is 11.7. The van der Waals surface area contributed by atoms with Crippen LogP contribution in [0, 0.1) is 5.92 Å². The Morgan fingerprint density at radius 3 is 2.41 bits per heavy atom. The zero-order valence-corrected chi connectivity index (χ0v) is 10.5. The molecule has 6 heteroatoms. The maximum absolute atomic E-state index is 11.7. The van der Waals surface area contributed by atoms with Crippen molar-refractivity contribution in [1.29, 1.82) is 0 Å². The number of aliphatic hydroxyl groups is 1. The van der Waals surface area contributed by atoms with Gasteiger partial charge < -0.3 is 21.5 Å². The standard InChI is InChI=1S/C11H23N3O3/c1-8(2)7-9(14-11(12)17)10(16)13-5-3-4-6-15/h8-9,15H,3-7H2,1-2H3,(H,13,16)(H3,12,14,17). The Labute approximate surface area is 102 Å². The topological polar surface area (TPSA) is 104 Å². The van der Waals surface area contributed by atoms with E-state index in [1.54, 1.807) is 0 Å². The second-order valence-electron chi connectivity index (χ2n) is 4.41. The van der Waals surface area contributed by atoms with Crippen LogP contribution in [0.15, 0.2) is 0 Å². The fourth-order valence-corrected chi connectivity index (χ4v) is 1.45. The molecule has 3 amide bonds. The van der Waals surface area contributed by atoms with Gasteiger partial charge in [0.2, 0.25) is 5.91 Å². The number of primary amides is 1. The predicted molar refractivity (Wildman–Crippen MR) is 65.3 cm³/mol. The van der Waals surface area contributed by atoms with E-state index in [1.165, 1.54) is 0 Å². The summed E-state index contributed by atoms with van der Waals surface area (Å²) in [4.78, 5) is 22.5. The number of carbonyl (C=O) groups is 2. The fourth-order valence-electron chi connectivity index (χ4n) is 1.45. The van der Waals surface area contributed by atoms with Crippen LogP contribution in [0.5, 0.6) is 0 Å². The van der Waals surface area contributed by atoms with Crippen LogP contribution in [-0.2, 0) is 4.79 Å². The van der Waals surface area contributed by atoms with Crippen molar-refractivity contribution in [2.24, 2.45) is 11.7 Å². The van der Waals surface area contributed by atoms with Crippen LogP contribution in [0.3, 0.4) is 0 Å². The van der Waals surface area contributed by atoms with Gasteiger partial charge in [0.05, 0.1) is 0 Å². The summed E-state index contributed by atoms with van der Waals surface area (Å²) in [5.74, 6) is 0.0606. The minimum Gasteiger partial charge on any atom is -0.396 e. The minimum atomic E-state index is -0.693. The number of nitrogens with two attached hydrogens (primary N) is 1. The van der Waals surface area contributed by atoms with Gasteiger partial charge in [0.15, 0.2) is 0 Å². The van der Waals surface area contributed by atoms with E-state index in [0.29, 0.717) is 25.8 Å². The first kappa shape index (κ1) is 15.7. The zero-order valence-electron chi connectivity index (χ0n) is 10.5. The van der Waals surface area contributed by atoms with Crippen LogP contribution in [0.25, 0.3) is 0 Å². The smallest absolute Gasteiger partial charge is 0.312 e. The number of amides is 3. The zero-order chi connectivity index (χ0) is 13.3. The molecular weight excluding hydrogens is 222 g/mol. The van der Waals surface area contributed by atoms with Gasteiger partial charge in [-0.1, -0.05) is 13.8 Å². The molecule has 0 aromatic heterocycles. The van der Waals surface area contributed by atoms with Crippen molar-refractivity contribution >= 4 is 11.9 Å². The Balaban J connectivity index is 4.08. The molecule has 0 aliphatic heterocycles. The van der Waals surface area contributed by atoms with Crippen molar-refractivity contribution in [2.75, 3.05) is 13.2 Å². The molecule has 0 rings (SSSR count). The maximum Gasteiger partial charge on any atom is 0.312 e. The Kier molecular flexibility index (Phi) is 8.13. The number of urea groups is 1. The van der Waals surface area contributed by atoms with Crippen LogP contribution >= 0.6 is 0 Å². The first-order chi connectivity index (χ1) is 7.97. The summed E-state index contributed by atoms with van der Waals surface area (Å²) >= 11 is 0. The Morgan fingerprint density at radius 1 is 1.29 bits per heavy atom. The number of rotatable bonds is 8. The van der Waals surface area contributed by atoms with Crippen molar-refractivity contribution in [3.05, 3.63) is 0 Å². The Bertz CT molecular complexity index is 244. The number of carbonyl (C=O) groups excluding carboxylic acids is 2. The summed E-state index contributed by atoms with van der Waals surface area (Å²) in [6.45, 7) is 4.54. The molecule has 0 aromatic rings. The molecule has 0 aromatic carbocycles. The van der Waals surface area contributed by atoms with Gasteiger partial charge in [-0.2, -0.15) is 0 Å². The largest absolute Gasteiger partial charge is 0.396 e. The van der Waals surface area contributed by atoms with E-state index in [2.05, 4.69) is 10.6 Å². The number of hydrogen-bond donors (Lipinski definition) is 4. The summed E-state index contributed by atoms with van der Waals surface area (Å²) in [5, 5.41) is 13.7. The minimum absolute atomic E-state index is 0.116. The highest BCUT2D eigenvalue weighted by Gasteiger charge is 2.20. The van der Waals surface area contributed by atoms with Crippen LogP contribution in [-0.4, -0.2) is 36.2 Å². The van der Waals surface area contributed by atoms with Gasteiger partial charge in [-0.15, -0.1) is 0 Å². The summed E-state index contributed by atoms with van der Waals surface area (Å²) in [7, 11) is 0. The van der Waals surface area contributed by atoms with Gasteiger partial charge in [-0.05, 0) is 25.2 Å². The van der Waals surface area contributed by atoms with Gasteiger partial charge in [0, 0.05) is 13.2 Å². The molecule has 0 aliphatic carbocycles. The molecule has 0 bridgehead atoms. The van der Waals surface area contributed by atoms with E-state index in [9.17, 15) is 9.59 Å². The molecule has 5 N–H and O–H groups in total. The van der Waals surface area contributed by atoms with Gasteiger partial charge in [-0.25, -0.2) is 4.79 Å². The number of hydrogen-bond acceptors (Lipinski definition) is 3. The van der Waals surface area contributed by atoms with Crippen molar-refractivity contribution in [3.63, 3.8) is 0 Å². The highest BCUT2D eigenvalue weighted by atomic mass is 16.3. The average Bonchev–Trinajstić information content (AvgIpc) is 2.22. The quantitative estimate of drug-likeness (QED) is 0.451.